The number of carbonyl (C=O) groups excluding carboxylic acids is 8. The van der Waals surface area contributed by atoms with Crippen molar-refractivity contribution in [2.45, 2.75) is 55.7 Å². The van der Waals surface area contributed by atoms with Crippen LogP contribution in [-0.2, 0) is 43.0 Å². The number of hydrogen-bond acceptors (Lipinski definition) is 28. The first-order chi connectivity index (χ1) is 39.3. The molecular weight excluding hydrogens is 1120 g/mol. The predicted molar refractivity (Wildman–Crippen MR) is 293 cm³/mol. The van der Waals surface area contributed by atoms with Gasteiger partial charge in [-0.1, -0.05) is 0 Å². The fraction of sp³-hybridized carbons (Fsp3) is 0.438. The van der Waals surface area contributed by atoms with Crippen molar-refractivity contribution in [2.24, 2.45) is 20.7 Å². The Balaban J connectivity index is 0.000000215. The van der Waals surface area contributed by atoms with Crippen molar-refractivity contribution in [3.05, 3.63) is 72.1 Å². The molecule has 3 unspecified atom stereocenters. The van der Waals surface area contributed by atoms with Gasteiger partial charge >= 0.3 is 23.9 Å². The lowest BCUT2D eigenvalue weighted by atomic mass is 10.2. The first kappa shape index (κ1) is 64.4. The molecule has 3 fully saturated rings. The highest BCUT2D eigenvalue weighted by Gasteiger charge is 2.27. The lowest BCUT2D eigenvalue weighted by Gasteiger charge is -2.19. The summed E-state index contributed by atoms with van der Waals surface area (Å²) in [6.07, 6.45) is 7.73. The number of carboxylic acid groups (broad SMARTS) is 1. The van der Waals surface area contributed by atoms with Gasteiger partial charge in [0.1, 0.15) is 26.4 Å². The summed E-state index contributed by atoms with van der Waals surface area (Å²) in [6, 6.07) is 3.89. The third-order valence-electron chi connectivity index (χ3n) is 11.2. The van der Waals surface area contributed by atoms with Crippen LogP contribution in [0.1, 0.15) is 50.3 Å². The molecule has 0 bridgehead atoms. The van der Waals surface area contributed by atoms with Crippen LogP contribution in [0.2, 0.25) is 0 Å². The number of anilines is 3. The Labute approximate surface area is 477 Å². The number of nitrogens with two attached hydrogens (primary N) is 1. The van der Waals surface area contributed by atoms with Gasteiger partial charge in [-0.2, -0.15) is 0 Å². The number of nitrogens with one attached hydrogen (secondary N) is 11. The second kappa shape index (κ2) is 32.8. The number of guanidine groups is 3. The van der Waals surface area contributed by atoms with Crippen LogP contribution < -0.4 is 64.2 Å². The number of hydrogen-bond donors (Lipinski definition) is 16. The molecule has 3 aromatic heterocycles. The van der Waals surface area contributed by atoms with Gasteiger partial charge in [-0.05, 0) is 18.2 Å². The Bertz CT molecular complexity index is 2770. The van der Waals surface area contributed by atoms with E-state index in [0.29, 0.717) is 74.1 Å². The third-order valence-corrected chi connectivity index (χ3v) is 11.2. The summed E-state index contributed by atoms with van der Waals surface area (Å²) in [5.41, 5.74) is 7.65. The zero-order valence-electron chi connectivity index (χ0n) is 44.1. The summed E-state index contributed by atoms with van der Waals surface area (Å²) in [4.78, 5) is 127. The van der Waals surface area contributed by atoms with E-state index in [-0.39, 0.29) is 117 Å². The predicted octanol–water partition coefficient (Wildman–Crippen LogP) is -5.74. The molecule has 9 rings (SSSR count). The molecule has 448 valence electrons. The van der Waals surface area contributed by atoms with Crippen LogP contribution in [0.4, 0.5) is 17.1 Å². The van der Waals surface area contributed by atoms with E-state index >= 15 is 0 Å². The highest BCUT2D eigenvalue weighted by molar-refractivity contribution is 6.01. The lowest BCUT2D eigenvalue weighted by molar-refractivity contribution is -0.138. The number of ether oxygens (including phenoxy) is 3. The van der Waals surface area contributed by atoms with Gasteiger partial charge in [0.25, 0.3) is 17.7 Å². The summed E-state index contributed by atoms with van der Waals surface area (Å²) in [5, 5.41) is 66.7. The van der Waals surface area contributed by atoms with Gasteiger partial charge < -0.3 is 98.9 Å². The molecule has 83 heavy (non-hydrogen) atoms. The number of nitrogens with zero attached hydrogens (tertiary/aromatic N) is 6. The number of carbonyl (C=O) groups is 9. The molecular formula is C48H63ClN18O16. The van der Waals surface area contributed by atoms with E-state index in [0.717, 1.165) is 0 Å². The Morgan fingerprint density at radius 1 is 0.518 bits per heavy atom. The average molecular weight is 1180 g/mol. The summed E-state index contributed by atoms with van der Waals surface area (Å²) in [5.74, 6) is -2.84. The number of aromatic nitrogens is 3. The highest BCUT2D eigenvalue weighted by Crippen LogP contribution is 2.13. The number of aliphatic imine (C=N–C) groups is 3. The zero-order valence-corrected chi connectivity index (χ0v) is 44.9. The van der Waals surface area contributed by atoms with Crippen molar-refractivity contribution in [1.82, 2.24) is 57.5 Å². The molecule has 0 saturated carbocycles. The van der Waals surface area contributed by atoms with E-state index in [1.54, 1.807) is 12.1 Å². The first-order valence-electron chi connectivity index (χ1n) is 25.2. The van der Waals surface area contributed by atoms with Gasteiger partial charge in [0.05, 0.1) is 135 Å². The molecule has 0 aromatic carbocycles. The smallest absolute Gasteiger partial charge is 0.322 e. The molecule has 6 aliphatic heterocycles. The molecule has 6 atom stereocenters. The third kappa shape index (κ3) is 23.3. The van der Waals surface area contributed by atoms with Gasteiger partial charge in [0.2, 0.25) is 11.8 Å². The van der Waals surface area contributed by atoms with Gasteiger partial charge in [0.15, 0.2) is 17.9 Å². The minimum absolute atomic E-state index is 0. The second-order valence-corrected chi connectivity index (χ2v) is 18.3. The van der Waals surface area contributed by atoms with Crippen LogP contribution in [0.5, 0.6) is 0 Å². The van der Waals surface area contributed by atoms with Crippen LogP contribution in [0.15, 0.2) is 70.4 Å². The number of aliphatic hydroxyl groups excluding tert-OH is 3. The normalized spacial score (nSPS) is 21.0. The Morgan fingerprint density at radius 2 is 0.855 bits per heavy atom. The van der Waals surface area contributed by atoms with Crippen molar-refractivity contribution in [1.29, 1.82) is 0 Å². The highest BCUT2D eigenvalue weighted by atomic mass is 35.5. The summed E-state index contributed by atoms with van der Waals surface area (Å²) >= 11 is 0. The Morgan fingerprint density at radius 3 is 1.12 bits per heavy atom. The van der Waals surface area contributed by atoms with Gasteiger partial charge in [-0.25, -0.2) is 0 Å². The number of halogens is 1. The number of aliphatic hydroxyl groups is 3. The van der Waals surface area contributed by atoms with Crippen molar-refractivity contribution in [3.63, 3.8) is 0 Å². The maximum Gasteiger partial charge on any atom is 0.322 e. The van der Waals surface area contributed by atoms with Gasteiger partial charge in [-0.15, -0.1) is 12.4 Å². The van der Waals surface area contributed by atoms with Crippen molar-refractivity contribution in [2.75, 3.05) is 94.7 Å². The van der Waals surface area contributed by atoms with Crippen LogP contribution >= 0.6 is 12.4 Å². The second-order valence-electron chi connectivity index (χ2n) is 18.3. The van der Waals surface area contributed by atoms with Crippen LogP contribution in [0.3, 0.4) is 0 Å². The van der Waals surface area contributed by atoms with E-state index in [1.807, 2.05) is 0 Å². The van der Waals surface area contributed by atoms with Crippen LogP contribution in [0.25, 0.3) is 0 Å². The standard InChI is InChI=1S/2C16H20N6O5.C12H15N5O4.C4H7NO2.ClH/c2*23-12-5-19-16(20-6-12)22-10-1-9(3-17-4-10)15(26)18-7-13(24)21-11-2-14(25)27-8-11;18-9-4-15-12(16-5-9)17-8-1-7(2-13-3-8)11(21)14-6-10(19)20;5-3-1-4(6)7-2-3;/h2*1,3-4,11-12,23H,2,5-8H2,(H,18,26)(H,21,24)(H2,19,20,22);1-3,9,18H,4-6H2,(H,14,21)(H,19,20)(H2,15,16,17);3H,1-2,5H2;1H/t2*11-;;3-;/m00.0./s1. The average Bonchev–Trinajstić information content (AvgIpc) is 4.24. The van der Waals surface area contributed by atoms with E-state index in [9.17, 15) is 58.5 Å². The topological polar surface area (TPSA) is 496 Å². The molecule has 3 aromatic rings. The lowest BCUT2D eigenvalue weighted by Crippen LogP contribution is -2.42. The molecule has 5 amide bonds. The number of cyclic esters (lactones) is 3. The molecule has 35 heteroatoms. The van der Waals surface area contributed by atoms with Crippen molar-refractivity contribution >= 4 is 101 Å². The molecule has 0 aliphatic carbocycles. The SMILES string of the molecule is Cl.N[C@@H]1COC(=O)C1.O=C(CNC(=O)c1cncc(NC2=NCC(O)CN2)c1)N[C@@H]1COC(=O)C1.O=C(CNC(=O)c1cncc(NC2=NCC(O)CN2)c1)N[C@@H]1COC(=O)C1.O=C(O)CNC(=O)c1cncc(NC2=NCC(O)CN2)c1. The number of β-amino-alcohol motifs (C(OH)–C–C–N with tert-alkyl or cyclic N) is 3. The van der Waals surface area contributed by atoms with Gasteiger partial charge in [0, 0.05) is 44.3 Å². The Kier molecular flexibility index (Phi) is 25.4. The summed E-state index contributed by atoms with van der Waals surface area (Å²) in [6.45, 7) is 1.79. The van der Waals surface area contributed by atoms with Crippen LogP contribution in [0, 0.1) is 0 Å². The van der Waals surface area contributed by atoms with Crippen molar-refractivity contribution < 1.29 is 77.8 Å². The summed E-state index contributed by atoms with van der Waals surface area (Å²) < 4.78 is 14.0. The monoisotopic (exact) mass is 1180 g/mol. The molecule has 9 heterocycles. The largest absolute Gasteiger partial charge is 0.480 e. The maximum atomic E-state index is 12.2. The number of carboxylic acids is 1. The number of amides is 5. The van der Waals surface area contributed by atoms with Crippen LogP contribution in [-0.4, -0.2) is 222 Å². The fourth-order valence-corrected chi connectivity index (χ4v) is 7.24. The number of pyridine rings is 3. The zero-order chi connectivity index (χ0) is 59.0. The first-order valence-corrected chi connectivity index (χ1v) is 25.2. The molecule has 6 aliphatic rings. The molecule has 0 radical (unpaired) electrons. The number of rotatable bonds is 14. The van der Waals surface area contributed by atoms with E-state index in [1.165, 1.54) is 43.2 Å². The molecule has 34 nitrogen and oxygen atoms in total. The molecule has 17 N–H and O–H groups in total. The van der Waals surface area contributed by atoms with E-state index in [2.05, 4.69) is 93.2 Å². The number of esters is 3. The molecule has 0 spiro atoms. The quantitative estimate of drug-likeness (QED) is 0.0528. The van der Waals surface area contributed by atoms with Gasteiger partial charge in [-0.3, -0.25) is 73.1 Å². The molecule has 3 saturated heterocycles. The minimum atomic E-state index is -1.12. The number of aliphatic carboxylic acids is 1. The minimum Gasteiger partial charge on any atom is -0.480 e. The Hall–Kier alpha value is -9.38. The summed E-state index contributed by atoms with van der Waals surface area (Å²) in [7, 11) is 0. The van der Waals surface area contributed by atoms with E-state index in [4.69, 9.17) is 20.3 Å². The van der Waals surface area contributed by atoms with Crippen molar-refractivity contribution in [3.8, 4) is 0 Å². The maximum absolute atomic E-state index is 12.2. The van der Waals surface area contributed by atoms with E-state index < -0.39 is 60.4 Å². The fourth-order valence-electron chi connectivity index (χ4n) is 7.24.